The third-order valence-electron chi connectivity index (χ3n) is 11.3. The molecular weight excluding hydrogens is 432 g/mol. The average Bonchev–Trinajstić information content (AvgIpc) is 3.20. The highest BCUT2D eigenvalue weighted by Gasteiger charge is 2.59. The van der Waals surface area contributed by atoms with E-state index < -0.39 is 8.07 Å². The molecule has 3 aliphatic carbocycles. The molecule has 2 heteroatoms. The van der Waals surface area contributed by atoms with Crippen molar-refractivity contribution in [3.05, 3.63) is 44.6 Å². The van der Waals surface area contributed by atoms with E-state index in [1.54, 1.807) is 44.6 Å². The second kappa shape index (κ2) is 9.53. The van der Waals surface area contributed by atoms with Gasteiger partial charge < -0.3 is 0 Å². The molecule has 0 bridgehead atoms. The van der Waals surface area contributed by atoms with E-state index in [9.17, 15) is 0 Å². The Bertz CT molecular complexity index is 927. The summed E-state index contributed by atoms with van der Waals surface area (Å²) in [5.74, 6) is 3.66. The number of thioether (sulfide) groups is 1. The molecule has 0 amide bonds. The normalized spacial score (nSPS) is 38.4. The first-order valence-corrected chi connectivity index (χ1v) is 17.9. The van der Waals surface area contributed by atoms with Crippen LogP contribution in [0.1, 0.15) is 82.6 Å². The zero-order chi connectivity index (χ0) is 25.2. The topological polar surface area (TPSA) is 0 Å². The van der Waals surface area contributed by atoms with Crippen LogP contribution in [0, 0.1) is 29.6 Å². The quantitative estimate of drug-likeness (QED) is 0.276. The van der Waals surface area contributed by atoms with E-state index in [1.165, 1.54) is 6.42 Å². The van der Waals surface area contributed by atoms with Crippen molar-refractivity contribution in [2.24, 2.45) is 29.6 Å². The van der Waals surface area contributed by atoms with Crippen LogP contribution in [0.4, 0.5) is 0 Å². The van der Waals surface area contributed by atoms with Gasteiger partial charge in [0.25, 0.3) is 0 Å². The molecule has 33 heavy (non-hydrogen) atoms. The van der Waals surface area contributed by atoms with Gasteiger partial charge in [-0.3, -0.25) is 0 Å². The zero-order valence-electron chi connectivity index (χ0n) is 24.2. The number of hydrogen-bond donors (Lipinski definition) is 0. The van der Waals surface area contributed by atoms with Gasteiger partial charge in [-0.25, -0.2) is 0 Å². The molecule has 0 heterocycles. The van der Waals surface area contributed by atoms with Gasteiger partial charge in [0.1, 0.15) is 0 Å². The SMILES string of the molecule is CCC(C)=C(C)C1C(C)C(C)C([Si](C)(C)C2C(C)=C(C)C3C(C)=C(C)C(C)=C(C)C32)C1SC. The Morgan fingerprint density at radius 3 is 1.88 bits per heavy atom. The van der Waals surface area contributed by atoms with E-state index >= 15 is 0 Å². The summed E-state index contributed by atoms with van der Waals surface area (Å²) in [6.07, 6.45) is 3.60. The number of hydrogen-bond acceptors (Lipinski definition) is 1. The largest absolute Gasteiger partial charge is 0.161 e. The van der Waals surface area contributed by atoms with Gasteiger partial charge in [-0.15, -0.1) is 0 Å². The predicted octanol–water partition coefficient (Wildman–Crippen LogP) is 10.1. The highest BCUT2D eigenvalue weighted by molar-refractivity contribution is 7.99. The van der Waals surface area contributed by atoms with E-state index in [-0.39, 0.29) is 0 Å². The Balaban J connectivity index is 2.13. The van der Waals surface area contributed by atoms with Crippen molar-refractivity contribution < 1.29 is 0 Å². The van der Waals surface area contributed by atoms with Gasteiger partial charge in [-0.1, -0.05) is 67.3 Å². The monoisotopic (exact) mass is 484 g/mol. The first-order valence-electron chi connectivity index (χ1n) is 13.5. The molecule has 186 valence electrons. The second-order valence-corrected chi connectivity index (χ2v) is 18.5. The van der Waals surface area contributed by atoms with Crippen LogP contribution in [0.5, 0.6) is 0 Å². The van der Waals surface area contributed by atoms with E-state index in [1.807, 2.05) is 0 Å². The van der Waals surface area contributed by atoms with Crippen molar-refractivity contribution in [3.8, 4) is 0 Å². The first-order chi connectivity index (χ1) is 15.2. The van der Waals surface area contributed by atoms with Crippen molar-refractivity contribution in [1.82, 2.24) is 0 Å². The van der Waals surface area contributed by atoms with Crippen molar-refractivity contribution in [2.45, 2.75) is 112 Å². The molecule has 1 fully saturated rings. The Labute approximate surface area is 211 Å². The molecule has 8 atom stereocenters. The number of allylic oxidation sites excluding steroid dienone is 8. The summed E-state index contributed by atoms with van der Waals surface area (Å²) in [5.41, 5.74) is 14.9. The highest BCUT2D eigenvalue weighted by Crippen LogP contribution is 2.65. The molecule has 0 N–H and O–H groups in total. The lowest BCUT2D eigenvalue weighted by atomic mass is 9.72. The summed E-state index contributed by atoms with van der Waals surface area (Å²) in [4.78, 5) is 0. The zero-order valence-corrected chi connectivity index (χ0v) is 26.1. The fourth-order valence-corrected chi connectivity index (χ4v) is 17.3. The molecule has 0 radical (unpaired) electrons. The molecule has 0 nitrogen and oxygen atoms in total. The van der Waals surface area contributed by atoms with E-state index in [0.29, 0.717) is 11.8 Å². The fourth-order valence-electron chi connectivity index (χ4n) is 8.69. The Kier molecular flexibility index (Phi) is 7.83. The molecule has 0 aromatic heterocycles. The van der Waals surface area contributed by atoms with Crippen molar-refractivity contribution >= 4 is 19.8 Å². The minimum atomic E-state index is -1.65. The van der Waals surface area contributed by atoms with Gasteiger partial charge in [0.05, 0.1) is 8.07 Å². The Morgan fingerprint density at radius 1 is 0.818 bits per heavy atom. The standard InChI is InChI=1S/C31H52SSi/c1-15-16(2)17(3)27-23(9)25(11)31(29(27)32-12)33(13,14)30-24(10)22(8)26-20(6)18(4)19(5)21(7)28(26)30/h23,25-31H,15H2,1-14H3. The molecule has 0 aromatic carbocycles. The van der Waals surface area contributed by atoms with Crippen LogP contribution in [0.25, 0.3) is 0 Å². The van der Waals surface area contributed by atoms with Crippen LogP contribution in [-0.4, -0.2) is 19.6 Å². The fraction of sp³-hybridized carbons (Fsp3) is 0.742. The molecule has 0 aromatic rings. The van der Waals surface area contributed by atoms with Crippen LogP contribution >= 0.6 is 11.8 Å². The summed E-state index contributed by atoms with van der Waals surface area (Å²) in [6, 6.07) is 0. The molecule has 3 aliphatic rings. The van der Waals surface area contributed by atoms with Gasteiger partial charge in [0, 0.05) is 11.2 Å². The van der Waals surface area contributed by atoms with Crippen molar-refractivity contribution in [1.29, 1.82) is 0 Å². The third kappa shape index (κ3) is 3.94. The molecule has 0 saturated heterocycles. The number of rotatable bonds is 5. The minimum Gasteiger partial charge on any atom is -0.161 e. The molecule has 8 unspecified atom stereocenters. The van der Waals surface area contributed by atoms with Crippen LogP contribution in [0.2, 0.25) is 24.2 Å². The van der Waals surface area contributed by atoms with E-state index in [2.05, 4.69) is 107 Å². The van der Waals surface area contributed by atoms with Gasteiger partial charge in [-0.05, 0) is 114 Å². The van der Waals surface area contributed by atoms with Gasteiger partial charge in [0.2, 0.25) is 0 Å². The van der Waals surface area contributed by atoms with Crippen molar-refractivity contribution in [3.63, 3.8) is 0 Å². The van der Waals surface area contributed by atoms with Gasteiger partial charge >= 0.3 is 0 Å². The number of fused-ring (bicyclic) bond motifs is 1. The lowest BCUT2D eigenvalue weighted by Crippen LogP contribution is -2.47. The van der Waals surface area contributed by atoms with E-state index in [4.69, 9.17) is 0 Å². The Morgan fingerprint density at radius 2 is 1.36 bits per heavy atom. The van der Waals surface area contributed by atoms with E-state index in [0.717, 1.165) is 34.1 Å². The highest BCUT2D eigenvalue weighted by atomic mass is 32.2. The molecular formula is C31H52SSi. The molecule has 0 aliphatic heterocycles. The summed E-state index contributed by atoms with van der Waals surface area (Å²) in [6.45, 7) is 32.6. The molecule has 1 saturated carbocycles. The summed E-state index contributed by atoms with van der Waals surface area (Å²) in [7, 11) is -1.65. The first kappa shape index (κ1) is 27.1. The maximum absolute atomic E-state index is 2.78. The van der Waals surface area contributed by atoms with Crippen LogP contribution in [0.15, 0.2) is 44.6 Å². The predicted molar refractivity (Wildman–Crippen MR) is 155 cm³/mol. The van der Waals surface area contributed by atoms with Crippen LogP contribution in [-0.2, 0) is 0 Å². The Hall–Kier alpha value is -0.473. The van der Waals surface area contributed by atoms with Crippen molar-refractivity contribution in [2.75, 3.05) is 6.26 Å². The average molecular weight is 485 g/mol. The summed E-state index contributed by atoms with van der Waals surface area (Å²) < 4.78 is 0. The lowest BCUT2D eigenvalue weighted by Gasteiger charge is -2.47. The molecule has 0 spiro atoms. The summed E-state index contributed by atoms with van der Waals surface area (Å²) in [5, 5.41) is 0.762. The minimum absolute atomic E-state index is 0.645. The molecule has 3 rings (SSSR count). The second-order valence-electron chi connectivity index (χ2n) is 12.6. The summed E-state index contributed by atoms with van der Waals surface area (Å²) >= 11 is 2.19. The maximum Gasteiger partial charge on any atom is 0.0600 e. The van der Waals surface area contributed by atoms with Gasteiger partial charge in [0.15, 0.2) is 0 Å². The van der Waals surface area contributed by atoms with Gasteiger partial charge in [-0.2, -0.15) is 11.8 Å². The lowest BCUT2D eigenvalue weighted by molar-refractivity contribution is 0.389. The maximum atomic E-state index is 2.78. The van der Waals surface area contributed by atoms with Crippen LogP contribution in [0.3, 0.4) is 0 Å². The van der Waals surface area contributed by atoms with Crippen LogP contribution < -0.4 is 0 Å². The smallest absolute Gasteiger partial charge is 0.0600 e. The third-order valence-corrected chi connectivity index (χ3v) is 17.7.